The smallest absolute Gasteiger partial charge is 0.259 e. The molecule has 2 N–H and O–H groups in total. The number of carbonyl (C=O) groups excluding carboxylic acids is 1. The molecule has 1 amide bonds. The summed E-state index contributed by atoms with van der Waals surface area (Å²) in [7, 11) is 0. The number of anilines is 1. The average molecular weight is 328 g/mol. The van der Waals surface area contributed by atoms with Gasteiger partial charge in [0.2, 0.25) is 5.95 Å². The van der Waals surface area contributed by atoms with E-state index in [-0.39, 0.29) is 23.7 Å². The van der Waals surface area contributed by atoms with Crippen LogP contribution >= 0.6 is 0 Å². The number of nitrogens with one attached hydrogen (secondary N) is 2. The van der Waals surface area contributed by atoms with Crippen LogP contribution in [-0.4, -0.2) is 31.2 Å². The number of carbonyl (C=O) groups is 1. The molecule has 3 aromatic rings. The maximum atomic E-state index is 12.7. The molecule has 0 aliphatic carbocycles. The molecule has 0 unspecified atom stereocenters. The van der Waals surface area contributed by atoms with Crippen molar-refractivity contribution in [3.05, 3.63) is 28.8 Å². The van der Waals surface area contributed by atoms with E-state index in [4.69, 9.17) is 4.52 Å². The predicted octanol–water partition coefficient (Wildman–Crippen LogP) is 3.15. The number of aromatic nitrogens is 5. The van der Waals surface area contributed by atoms with Crippen molar-refractivity contribution in [1.82, 2.24) is 25.3 Å². The van der Waals surface area contributed by atoms with Crippen LogP contribution in [-0.2, 0) is 0 Å². The maximum absolute atomic E-state index is 12.7. The van der Waals surface area contributed by atoms with Crippen LogP contribution in [0.5, 0.6) is 0 Å². The monoisotopic (exact) mass is 328 g/mol. The molecular formula is C16H20N6O2. The van der Waals surface area contributed by atoms with Crippen molar-refractivity contribution < 1.29 is 9.32 Å². The van der Waals surface area contributed by atoms with Crippen molar-refractivity contribution in [3.63, 3.8) is 0 Å². The number of fused-ring (bicyclic) bond motifs is 1. The SMILES string of the molecule is Cc1noc2nc(C(C)C)cc(C(=O)Nc3n[nH]c(C(C)C)n3)c12. The molecule has 0 spiro atoms. The molecule has 0 bridgehead atoms. The first-order chi connectivity index (χ1) is 11.4. The van der Waals surface area contributed by atoms with Gasteiger partial charge in [-0.05, 0) is 18.9 Å². The zero-order valence-electron chi connectivity index (χ0n) is 14.3. The van der Waals surface area contributed by atoms with Crippen LogP contribution < -0.4 is 5.32 Å². The molecule has 24 heavy (non-hydrogen) atoms. The number of rotatable bonds is 4. The Morgan fingerprint density at radius 2 is 1.96 bits per heavy atom. The summed E-state index contributed by atoms with van der Waals surface area (Å²) < 4.78 is 5.24. The van der Waals surface area contributed by atoms with Gasteiger partial charge in [-0.15, -0.1) is 5.10 Å². The van der Waals surface area contributed by atoms with E-state index in [9.17, 15) is 4.79 Å². The number of aryl methyl sites for hydroxylation is 1. The van der Waals surface area contributed by atoms with E-state index in [0.29, 0.717) is 28.2 Å². The van der Waals surface area contributed by atoms with Gasteiger partial charge in [0, 0.05) is 11.6 Å². The van der Waals surface area contributed by atoms with E-state index in [1.807, 2.05) is 27.7 Å². The highest BCUT2D eigenvalue weighted by molar-refractivity contribution is 6.11. The van der Waals surface area contributed by atoms with Crippen LogP contribution in [0.4, 0.5) is 5.95 Å². The van der Waals surface area contributed by atoms with Crippen LogP contribution in [0.25, 0.3) is 11.1 Å². The fraction of sp³-hybridized carbons (Fsp3) is 0.438. The minimum absolute atomic E-state index is 0.155. The number of H-pyrrole nitrogens is 1. The van der Waals surface area contributed by atoms with Crippen molar-refractivity contribution in [2.45, 2.75) is 46.5 Å². The van der Waals surface area contributed by atoms with E-state index < -0.39 is 0 Å². The molecule has 3 rings (SSSR count). The van der Waals surface area contributed by atoms with Crippen LogP contribution in [0.15, 0.2) is 10.6 Å². The van der Waals surface area contributed by atoms with Gasteiger partial charge in [-0.25, -0.2) is 4.98 Å². The Hall–Kier alpha value is -2.77. The summed E-state index contributed by atoms with van der Waals surface area (Å²) >= 11 is 0. The molecule has 0 saturated heterocycles. The van der Waals surface area contributed by atoms with Crippen molar-refractivity contribution in [3.8, 4) is 0 Å². The lowest BCUT2D eigenvalue weighted by molar-refractivity contribution is 0.102. The first-order valence-electron chi connectivity index (χ1n) is 7.87. The lowest BCUT2D eigenvalue weighted by Gasteiger charge is -2.08. The second kappa shape index (κ2) is 6.03. The minimum Gasteiger partial charge on any atom is -0.336 e. The van der Waals surface area contributed by atoms with E-state index in [1.54, 1.807) is 13.0 Å². The number of pyridine rings is 1. The fourth-order valence-corrected chi connectivity index (χ4v) is 2.35. The van der Waals surface area contributed by atoms with Gasteiger partial charge in [-0.1, -0.05) is 32.9 Å². The lowest BCUT2D eigenvalue weighted by Crippen LogP contribution is -2.15. The van der Waals surface area contributed by atoms with Crippen LogP contribution in [0.3, 0.4) is 0 Å². The predicted molar refractivity (Wildman–Crippen MR) is 89.1 cm³/mol. The summed E-state index contributed by atoms with van der Waals surface area (Å²) in [6, 6.07) is 1.77. The number of hydrogen-bond acceptors (Lipinski definition) is 6. The Bertz CT molecular complexity index is 893. The molecule has 126 valence electrons. The number of amides is 1. The van der Waals surface area contributed by atoms with E-state index in [2.05, 4.69) is 30.6 Å². The summed E-state index contributed by atoms with van der Waals surface area (Å²) in [4.78, 5) is 21.4. The third-order valence-corrected chi connectivity index (χ3v) is 3.75. The van der Waals surface area contributed by atoms with Gasteiger partial charge in [0.15, 0.2) is 0 Å². The third kappa shape index (κ3) is 2.86. The maximum Gasteiger partial charge on any atom is 0.259 e. The summed E-state index contributed by atoms with van der Waals surface area (Å²) in [5.41, 5.74) is 2.21. The summed E-state index contributed by atoms with van der Waals surface area (Å²) in [5, 5.41) is 14.1. The molecule has 0 aliphatic heterocycles. The van der Waals surface area contributed by atoms with Crippen molar-refractivity contribution in [1.29, 1.82) is 0 Å². The van der Waals surface area contributed by atoms with Crippen molar-refractivity contribution >= 4 is 23.0 Å². The van der Waals surface area contributed by atoms with Crippen molar-refractivity contribution in [2.24, 2.45) is 0 Å². The first-order valence-corrected chi connectivity index (χ1v) is 7.87. The van der Waals surface area contributed by atoms with E-state index in [0.717, 1.165) is 5.69 Å². The Morgan fingerprint density at radius 3 is 2.58 bits per heavy atom. The number of hydrogen-bond donors (Lipinski definition) is 2. The van der Waals surface area contributed by atoms with Gasteiger partial charge in [-0.3, -0.25) is 15.2 Å². The Morgan fingerprint density at radius 1 is 1.21 bits per heavy atom. The molecular weight excluding hydrogens is 308 g/mol. The topological polar surface area (TPSA) is 110 Å². The number of nitrogens with zero attached hydrogens (tertiary/aromatic N) is 4. The van der Waals surface area contributed by atoms with Gasteiger partial charge in [0.1, 0.15) is 5.82 Å². The molecule has 3 heterocycles. The molecule has 0 fully saturated rings. The van der Waals surface area contributed by atoms with Gasteiger partial charge in [-0.2, -0.15) is 4.98 Å². The Kier molecular flexibility index (Phi) is 4.04. The van der Waals surface area contributed by atoms with E-state index >= 15 is 0 Å². The third-order valence-electron chi connectivity index (χ3n) is 3.75. The fourth-order valence-electron chi connectivity index (χ4n) is 2.35. The van der Waals surface area contributed by atoms with Crippen molar-refractivity contribution in [2.75, 3.05) is 5.32 Å². The molecule has 0 radical (unpaired) electrons. The highest BCUT2D eigenvalue weighted by atomic mass is 16.5. The zero-order chi connectivity index (χ0) is 17.4. The van der Waals surface area contributed by atoms with Gasteiger partial charge in [0.25, 0.3) is 11.6 Å². The first kappa shape index (κ1) is 16.1. The molecule has 0 aliphatic rings. The molecule has 0 atom stereocenters. The average Bonchev–Trinajstić information content (AvgIpc) is 3.14. The molecule has 3 aromatic heterocycles. The highest BCUT2D eigenvalue weighted by Crippen LogP contribution is 2.25. The second-order valence-electron chi connectivity index (χ2n) is 6.35. The minimum atomic E-state index is -0.315. The van der Waals surface area contributed by atoms with Gasteiger partial charge >= 0.3 is 0 Å². The summed E-state index contributed by atoms with van der Waals surface area (Å²) in [6.45, 7) is 9.78. The summed E-state index contributed by atoms with van der Waals surface area (Å²) in [6.07, 6.45) is 0. The van der Waals surface area contributed by atoms with Gasteiger partial charge in [0.05, 0.1) is 16.6 Å². The molecule has 8 heteroatoms. The van der Waals surface area contributed by atoms with Crippen LogP contribution in [0, 0.1) is 6.92 Å². The van der Waals surface area contributed by atoms with Crippen LogP contribution in [0.1, 0.15) is 67.1 Å². The summed E-state index contributed by atoms with van der Waals surface area (Å²) in [5.74, 6) is 0.999. The Balaban J connectivity index is 2.00. The zero-order valence-corrected chi connectivity index (χ0v) is 14.3. The van der Waals surface area contributed by atoms with Crippen LogP contribution in [0.2, 0.25) is 0 Å². The standard InChI is InChI=1S/C16H20N6O2/c1-7(2)11-6-10(12-9(5)22-24-15(12)17-11)14(23)19-16-18-13(8(3)4)20-21-16/h6-8H,1-5H3,(H2,18,19,20,21,23). The molecule has 0 aromatic carbocycles. The second-order valence-corrected chi connectivity index (χ2v) is 6.35. The Labute approximate surface area is 139 Å². The van der Waals surface area contributed by atoms with E-state index in [1.165, 1.54) is 0 Å². The number of aromatic amines is 1. The molecule has 8 nitrogen and oxygen atoms in total. The normalized spacial score (nSPS) is 11.6. The largest absolute Gasteiger partial charge is 0.336 e. The molecule has 0 saturated carbocycles. The lowest BCUT2D eigenvalue weighted by atomic mass is 10.0. The van der Waals surface area contributed by atoms with Gasteiger partial charge < -0.3 is 4.52 Å². The highest BCUT2D eigenvalue weighted by Gasteiger charge is 2.21. The quantitative estimate of drug-likeness (QED) is 0.761.